The molecular formula is C21H21F6N5O4. The third-order valence-corrected chi connectivity index (χ3v) is 5.63. The van der Waals surface area contributed by atoms with Gasteiger partial charge in [-0.2, -0.15) is 18.3 Å². The molecule has 0 bridgehead atoms. The van der Waals surface area contributed by atoms with Crippen LogP contribution in [0.3, 0.4) is 0 Å². The highest BCUT2D eigenvalue weighted by Crippen LogP contribution is 2.33. The van der Waals surface area contributed by atoms with Crippen LogP contribution in [-0.2, 0) is 35.3 Å². The van der Waals surface area contributed by atoms with Crippen LogP contribution in [0.1, 0.15) is 27.3 Å². The molecule has 2 aromatic rings. The highest BCUT2D eigenvalue weighted by molar-refractivity contribution is 5.94. The number of fused-ring (bicyclic) bond motifs is 3. The standard InChI is InChI=1S/C21H21F6N5O4/c1-30-19(33)18-13-8-31(20(34)28-11-2-3-15(22)14(6-11)21(25,26)27)5-4-16(13)29-32(18)7-12(36-30)9-35-10-17(23)24/h2-3,6,12,17H,4-5,7-10H2,1H3,(H,28,34). The molecule has 0 saturated carbocycles. The number of benzene rings is 1. The van der Waals surface area contributed by atoms with Crippen molar-refractivity contribution in [1.29, 1.82) is 0 Å². The number of nitrogens with one attached hydrogen (secondary N) is 1. The lowest BCUT2D eigenvalue weighted by molar-refractivity contribution is -0.169. The fraction of sp³-hybridized carbons (Fsp3) is 0.476. The van der Waals surface area contributed by atoms with Gasteiger partial charge in [0.1, 0.15) is 24.2 Å². The van der Waals surface area contributed by atoms with Crippen LogP contribution in [0.4, 0.5) is 36.8 Å². The molecule has 1 aromatic heterocycles. The molecule has 1 unspecified atom stereocenters. The first kappa shape index (κ1) is 25.8. The Balaban J connectivity index is 1.50. The first-order valence-corrected chi connectivity index (χ1v) is 10.8. The molecule has 0 radical (unpaired) electrons. The fourth-order valence-electron chi connectivity index (χ4n) is 4.01. The van der Waals surface area contributed by atoms with Crippen molar-refractivity contribution in [2.45, 2.75) is 38.2 Å². The van der Waals surface area contributed by atoms with Gasteiger partial charge in [0.05, 0.1) is 31.0 Å². The summed E-state index contributed by atoms with van der Waals surface area (Å²) in [6.07, 6.45) is -8.11. The van der Waals surface area contributed by atoms with Crippen LogP contribution >= 0.6 is 0 Å². The molecule has 0 spiro atoms. The summed E-state index contributed by atoms with van der Waals surface area (Å²) >= 11 is 0. The molecule has 4 rings (SSSR count). The number of carbonyl (C=O) groups is 2. The van der Waals surface area contributed by atoms with E-state index in [2.05, 4.69) is 10.4 Å². The Bertz CT molecular complexity index is 1150. The average molecular weight is 521 g/mol. The molecule has 3 heterocycles. The van der Waals surface area contributed by atoms with Gasteiger partial charge in [-0.3, -0.25) is 14.3 Å². The van der Waals surface area contributed by atoms with E-state index in [1.165, 1.54) is 16.6 Å². The molecule has 2 aliphatic rings. The molecule has 2 aliphatic heterocycles. The van der Waals surface area contributed by atoms with Crippen LogP contribution in [0.5, 0.6) is 0 Å². The fourth-order valence-corrected chi connectivity index (χ4v) is 4.01. The number of rotatable bonds is 5. The Morgan fingerprint density at radius 3 is 2.78 bits per heavy atom. The van der Waals surface area contributed by atoms with E-state index >= 15 is 0 Å². The van der Waals surface area contributed by atoms with Crippen molar-refractivity contribution in [2.75, 3.05) is 32.1 Å². The van der Waals surface area contributed by atoms with Gasteiger partial charge in [-0.25, -0.2) is 23.0 Å². The zero-order valence-corrected chi connectivity index (χ0v) is 18.8. The summed E-state index contributed by atoms with van der Waals surface area (Å²) in [4.78, 5) is 32.5. The highest BCUT2D eigenvalue weighted by atomic mass is 19.4. The van der Waals surface area contributed by atoms with E-state index in [9.17, 15) is 35.9 Å². The third-order valence-electron chi connectivity index (χ3n) is 5.63. The van der Waals surface area contributed by atoms with E-state index < -0.39 is 48.6 Å². The summed E-state index contributed by atoms with van der Waals surface area (Å²) in [5.74, 6) is -2.04. The summed E-state index contributed by atoms with van der Waals surface area (Å²) in [6.45, 7) is -0.885. The lowest BCUT2D eigenvalue weighted by atomic mass is 10.1. The summed E-state index contributed by atoms with van der Waals surface area (Å²) < 4.78 is 83.6. The monoisotopic (exact) mass is 521 g/mol. The van der Waals surface area contributed by atoms with Crippen molar-refractivity contribution >= 4 is 17.6 Å². The van der Waals surface area contributed by atoms with Crippen molar-refractivity contribution in [3.63, 3.8) is 0 Å². The molecular weight excluding hydrogens is 500 g/mol. The van der Waals surface area contributed by atoms with Crippen LogP contribution in [0, 0.1) is 5.82 Å². The van der Waals surface area contributed by atoms with E-state index in [-0.39, 0.29) is 44.0 Å². The van der Waals surface area contributed by atoms with Crippen molar-refractivity contribution in [2.24, 2.45) is 0 Å². The average Bonchev–Trinajstić information content (AvgIpc) is 3.10. The van der Waals surface area contributed by atoms with Gasteiger partial charge in [0.15, 0.2) is 0 Å². The van der Waals surface area contributed by atoms with Crippen LogP contribution in [0.2, 0.25) is 0 Å². The van der Waals surface area contributed by atoms with Crippen LogP contribution in [-0.4, -0.2) is 71.0 Å². The molecule has 0 aliphatic carbocycles. The molecule has 9 nitrogen and oxygen atoms in total. The number of nitrogens with zero attached hydrogens (tertiary/aromatic N) is 4. The lowest BCUT2D eigenvalue weighted by Gasteiger charge is -2.27. The summed E-state index contributed by atoms with van der Waals surface area (Å²) in [6, 6.07) is 1.38. The maximum atomic E-state index is 13.5. The van der Waals surface area contributed by atoms with Crippen LogP contribution < -0.4 is 5.32 Å². The van der Waals surface area contributed by atoms with E-state index in [1.54, 1.807) is 0 Å². The zero-order chi connectivity index (χ0) is 26.2. The molecule has 15 heteroatoms. The second-order valence-corrected chi connectivity index (χ2v) is 8.21. The second kappa shape index (κ2) is 9.97. The topological polar surface area (TPSA) is 88.9 Å². The third kappa shape index (κ3) is 5.41. The molecule has 1 atom stereocenters. The smallest absolute Gasteiger partial charge is 0.373 e. The summed E-state index contributed by atoms with van der Waals surface area (Å²) in [7, 11) is 1.34. The molecule has 3 amide bonds. The predicted molar refractivity (Wildman–Crippen MR) is 111 cm³/mol. The molecule has 1 aromatic carbocycles. The maximum absolute atomic E-state index is 13.5. The number of carbonyl (C=O) groups excluding carboxylic acids is 2. The Morgan fingerprint density at radius 2 is 2.08 bits per heavy atom. The number of anilines is 1. The Labute approximate surface area is 200 Å². The number of aromatic nitrogens is 2. The Hall–Kier alpha value is -3.33. The zero-order valence-electron chi connectivity index (χ0n) is 18.8. The van der Waals surface area contributed by atoms with Crippen molar-refractivity contribution in [1.82, 2.24) is 19.7 Å². The minimum Gasteiger partial charge on any atom is -0.373 e. The van der Waals surface area contributed by atoms with E-state index in [0.717, 1.165) is 11.1 Å². The first-order valence-electron chi connectivity index (χ1n) is 10.8. The lowest BCUT2D eigenvalue weighted by Crippen LogP contribution is -2.39. The van der Waals surface area contributed by atoms with E-state index in [4.69, 9.17) is 9.57 Å². The minimum absolute atomic E-state index is 0.0314. The number of hydrogen-bond donors (Lipinski definition) is 1. The van der Waals surface area contributed by atoms with Gasteiger partial charge in [0.25, 0.3) is 12.3 Å². The quantitative estimate of drug-likeness (QED) is 0.611. The molecule has 1 N–H and O–H groups in total. The van der Waals surface area contributed by atoms with Gasteiger partial charge in [-0.1, -0.05) is 0 Å². The summed E-state index contributed by atoms with van der Waals surface area (Å²) in [5.41, 5.74) is -0.636. The van der Waals surface area contributed by atoms with E-state index in [1.807, 2.05) is 0 Å². The predicted octanol–water partition coefficient (Wildman–Crippen LogP) is 3.30. The minimum atomic E-state index is -4.93. The number of hydrogen-bond acceptors (Lipinski definition) is 5. The second-order valence-electron chi connectivity index (χ2n) is 8.21. The van der Waals surface area contributed by atoms with Crippen molar-refractivity contribution in [3.8, 4) is 0 Å². The number of halogens is 6. The largest absolute Gasteiger partial charge is 0.419 e. The van der Waals surface area contributed by atoms with Crippen LogP contribution in [0.25, 0.3) is 0 Å². The Kier molecular flexibility index (Phi) is 7.13. The SMILES string of the molecule is CN1OC(COCC(F)F)Cn2nc3c(c2C1=O)CN(C(=O)Nc1ccc(F)c(C(F)(F)F)c1)CC3. The number of ether oxygens (including phenoxy) is 1. The number of urea groups is 1. The molecule has 0 saturated heterocycles. The number of amides is 3. The van der Waals surface area contributed by atoms with Gasteiger partial charge in [-0.15, -0.1) is 0 Å². The van der Waals surface area contributed by atoms with Gasteiger partial charge in [0, 0.05) is 31.3 Å². The van der Waals surface area contributed by atoms with Gasteiger partial charge in [0.2, 0.25) is 0 Å². The van der Waals surface area contributed by atoms with Gasteiger partial charge in [-0.05, 0) is 18.2 Å². The molecule has 196 valence electrons. The Morgan fingerprint density at radius 1 is 1.33 bits per heavy atom. The summed E-state index contributed by atoms with van der Waals surface area (Å²) in [5, 5.41) is 7.68. The first-order chi connectivity index (χ1) is 16.9. The number of hydroxylamine groups is 2. The van der Waals surface area contributed by atoms with Crippen molar-refractivity contribution in [3.05, 3.63) is 46.5 Å². The normalized spacial score (nSPS) is 18.2. The van der Waals surface area contributed by atoms with Gasteiger partial charge < -0.3 is 15.0 Å². The number of alkyl halides is 5. The van der Waals surface area contributed by atoms with E-state index in [0.29, 0.717) is 23.4 Å². The van der Waals surface area contributed by atoms with Crippen LogP contribution in [0.15, 0.2) is 18.2 Å². The molecule has 36 heavy (non-hydrogen) atoms. The molecule has 0 fully saturated rings. The highest BCUT2D eigenvalue weighted by Gasteiger charge is 2.37. The maximum Gasteiger partial charge on any atom is 0.419 e. The van der Waals surface area contributed by atoms with Gasteiger partial charge >= 0.3 is 12.2 Å². The van der Waals surface area contributed by atoms with Crippen molar-refractivity contribution < 1.29 is 45.5 Å².